The Kier molecular flexibility index (Phi) is 7.44. The van der Waals surface area contributed by atoms with Gasteiger partial charge in [-0.1, -0.05) is 62.8 Å². The van der Waals surface area contributed by atoms with E-state index in [1.165, 1.54) is 31.1 Å². The molecule has 6 heteroatoms. The molecule has 0 bridgehead atoms. The fourth-order valence-corrected chi connectivity index (χ4v) is 4.14. The molecule has 2 aliphatic rings. The summed E-state index contributed by atoms with van der Waals surface area (Å²) in [6, 6.07) is 6.18. The monoisotopic (exact) mass is 397 g/mol. The molecule has 29 heavy (non-hydrogen) atoms. The van der Waals surface area contributed by atoms with Crippen LogP contribution in [0, 0.1) is 0 Å². The maximum absolute atomic E-state index is 12.9. The normalized spacial score (nSPS) is 17.9. The number of aromatic carboxylic acids is 1. The molecule has 2 amide bonds. The van der Waals surface area contributed by atoms with Gasteiger partial charge in [-0.05, 0) is 42.9 Å². The maximum atomic E-state index is 12.9. The van der Waals surface area contributed by atoms with Crippen LogP contribution >= 0.6 is 0 Å². The highest BCUT2D eigenvalue weighted by molar-refractivity contribution is 6.21. The number of hydrogen-bond donors (Lipinski definition) is 2. The van der Waals surface area contributed by atoms with E-state index in [1.807, 2.05) is 0 Å². The lowest BCUT2D eigenvalue weighted by Crippen LogP contribution is -2.43. The maximum Gasteiger partial charge on any atom is 0.257 e. The highest BCUT2D eigenvalue weighted by Crippen LogP contribution is 2.20. The molecule has 156 valence electrons. The molecule has 0 aliphatic heterocycles. The lowest BCUT2D eigenvalue weighted by atomic mass is 9.94. The third kappa shape index (κ3) is 6.17. The fraction of sp³-hybridized carbons (Fsp3) is 0.522. The van der Waals surface area contributed by atoms with E-state index in [-0.39, 0.29) is 35.0 Å². The SMILES string of the molecule is O=C(NC1CCCCC1)C(=Cc1ccc(C(=O)[O-])cc1)C(=O)NC1CCCCC1. The summed E-state index contributed by atoms with van der Waals surface area (Å²) in [6.45, 7) is 0. The van der Waals surface area contributed by atoms with Crippen LogP contribution in [0.3, 0.4) is 0 Å². The minimum absolute atomic E-state index is 0.0574. The molecule has 0 radical (unpaired) electrons. The van der Waals surface area contributed by atoms with Crippen LogP contribution in [-0.4, -0.2) is 29.9 Å². The highest BCUT2D eigenvalue weighted by atomic mass is 16.4. The summed E-state index contributed by atoms with van der Waals surface area (Å²) in [7, 11) is 0. The van der Waals surface area contributed by atoms with Gasteiger partial charge in [-0.3, -0.25) is 9.59 Å². The Balaban J connectivity index is 1.77. The average molecular weight is 397 g/mol. The second-order valence-electron chi connectivity index (χ2n) is 8.08. The third-order valence-corrected chi connectivity index (χ3v) is 5.83. The molecule has 0 saturated heterocycles. The first-order chi connectivity index (χ1) is 14.0. The zero-order valence-electron chi connectivity index (χ0n) is 16.7. The molecular weight excluding hydrogens is 368 g/mol. The van der Waals surface area contributed by atoms with Gasteiger partial charge < -0.3 is 20.5 Å². The van der Waals surface area contributed by atoms with Gasteiger partial charge in [0.15, 0.2) is 0 Å². The standard InChI is InChI=1S/C23H30N2O4/c26-21(24-18-7-3-1-4-8-18)20(22(27)25-19-9-5-2-6-10-19)15-16-11-13-17(14-12-16)23(28)29/h11-15,18-19H,1-10H2,(H,24,26)(H,25,27)(H,28,29)/p-1. The topological polar surface area (TPSA) is 98.3 Å². The Morgan fingerprint density at radius 3 is 1.62 bits per heavy atom. The molecule has 0 aromatic heterocycles. The van der Waals surface area contributed by atoms with Crippen molar-refractivity contribution in [3.05, 3.63) is 41.0 Å². The van der Waals surface area contributed by atoms with E-state index in [1.54, 1.807) is 12.1 Å². The Morgan fingerprint density at radius 2 is 1.21 bits per heavy atom. The number of carbonyl (C=O) groups excluding carboxylic acids is 3. The van der Waals surface area contributed by atoms with Crippen LogP contribution in [0.2, 0.25) is 0 Å². The van der Waals surface area contributed by atoms with Crippen LogP contribution in [0.5, 0.6) is 0 Å². The van der Waals surface area contributed by atoms with E-state index in [4.69, 9.17) is 0 Å². The van der Waals surface area contributed by atoms with Gasteiger partial charge in [-0.15, -0.1) is 0 Å². The average Bonchev–Trinajstić information content (AvgIpc) is 2.73. The van der Waals surface area contributed by atoms with Crippen LogP contribution < -0.4 is 15.7 Å². The zero-order valence-corrected chi connectivity index (χ0v) is 16.7. The Morgan fingerprint density at radius 1 is 0.759 bits per heavy atom. The summed E-state index contributed by atoms with van der Waals surface area (Å²) in [5, 5.41) is 17.0. The van der Waals surface area contributed by atoms with Crippen molar-refractivity contribution >= 4 is 23.9 Å². The van der Waals surface area contributed by atoms with E-state index in [0.717, 1.165) is 51.4 Å². The first-order valence-corrected chi connectivity index (χ1v) is 10.7. The summed E-state index contributed by atoms with van der Waals surface area (Å²) in [6.07, 6.45) is 12.0. The van der Waals surface area contributed by atoms with E-state index in [0.29, 0.717) is 5.56 Å². The van der Waals surface area contributed by atoms with Crippen molar-refractivity contribution in [3.63, 3.8) is 0 Å². The zero-order chi connectivity index (χ0) is 20.6. The fourth-order valence-electron chi connectivity index (χ4n) is 4.14. The predicted octanol–water partition coefficient (Wildman–Crippen LogP) is 2.33. The molecule has 0 unspecified atom stereocenters. The number of carboxylic acids is 1. The Bertz CT molecular complexity index is 724. The number of amides is 2. The van der Waals surface area contributed by atoms with Gasteiger partial charge in [0, 0.05) is 12.1 Å². The van der Waals surface area contributed by atoms with Gasteiger partial charge in [0.2, 0.25) is 0 Å². The van der Waals surface area contributed by atoms with Crippen LogP contribution in [0.15, 0.2) is 29.8 Å². The molecule has 1 aromatic carbocycles. The molecule has 3 rings (SSSR count). The molecule has 6 nitrogen and oxygen atoms in total. The number of hydrogen-bond acceptors (Lipinski definition) is 4. The van der Waals surface area contributed by atoms with Crippen molar-refractivity contribution in [3.8, 4) is 0 Å². The minimum atomic E-state index is -1.26. The van der Waals surface area contributed by atoms with Gasteiger partial charge in [0.1, 0.15) is 5.57 Å². The number of carbonyl (C=O) groups is 3. The van der Waals surface area contributed by atoms with Gasteiger partial charge in [-0.25, -0.2) is 0 Å². The smallest absolute Gasteiger partial charge is 0.257 e. The quantitative estimate of drug-likeness (QED) is 0.437. The Hall–Kier alpha value is -2.63. The summed E-state index contributed by atoms with van der Waals surface area (Å²) in [5.74, 6) is -1.99. The van der Waals surface area contributed by atoms with Gasteiger partial charge >= 0.3 is 0 Å². The van der Waals surface area contributed by atoms with Gasteiger partial charge in [0.05, 0.1) is 5.97 Å². The number of carboxylic acid groups (broad SMARTS) is 1. The molecule has 2 fully saturated rings. The molecule has 2 aliphatic carbocycles. The van der Waals surface area contributed by atoms with Crippen molar-refractivity contribution in [1.82, 2.24) is 10.6 Å². The van der Waals surface area contributed by atoms with Crippen LogP contribution in [0.1, 0.15) is 80.1 Å². The summed E-state index contributed by atoms with van der Waals surface area (Å²) >= 11 is 0. The summed E-state index contributed by atoms with van der Waals surface area (Å²) < 4.78 is 0. The lowest BCUT2D eigenvalue weighted by molar-refractivity contribution is -0.255. The molecule has 1 aromatic rings. The summed E-state index contributed by atoms with van der Waals surface area (Å²) in [5.41, 5.74) is 0.729. The van der Waals surface area contributed by atoms with Crippen LogP contribution in [0.25, 0.3) is 6.08 Å². The number of nitrogens with one attached hydrogen (secondary N) is 2. The minimum Gasteiger partial charge on any atom is -0.545 e. The van der Waals surface area contributed by atoms with Gasteiger partial charge in [-0.2, -0.15) is 0 Å². The van der Waals surface area contributed by atoms with E-state index >= 15 is 0 Å². The number of rotatable bonds is 6. The molecule has 2 N–H and O–H groups in total. The number of benzene rings is 1. The molecule has 2 saturated carbocycles. The van der Waals surface area contributed by atoms with Crippen LogP contribution in [-0.2, 0) is 9.59 Å². The van der Waals surface area contributed by atoms with Gasteiger partial charge in [0.25, 0.3) is 11.8 Å². The second kappa shape index (κ2) is 10.2. The molecule has 0 atom stereocenters. The van der Waals surface area contributed by atoms with Crippen molar-refractivity contribution in [2.24, 2.45) is 0 Å². The molecular formula is C23H29N2O4-. The lowest BCUT2D eigenvalue weighted by Gasteiger charge is -2.25. The first-order valence-electron chi connectivity index (χ1n) is 10.7. The third-order valence-electron chi connectivity index (χ3n) is 5.83. The molecule has 0 heterocycles. The largest absolute Gasteiger partial charge is 0.545 e. The van der Waals surface area contributed by atoms with E-state index < -0.39 is 5.97 Å². The second-order valence-corrected chi connectivity index (χ2v) is 8.08. The molecule has 0 spiro atoms. The predicted molar refractivity (Wildman–Crippen MR) is 109 cm³/mol. The van der Waals surface area contributed by atoms with Crippen molar-refractivity contribution in [2.45, 2.75) is 76.3 Å². The Labute approximate surface area is 171 Å². The highest BCUT2D eigenvalue weighted by Gasteiger charge is 2.25. The summed E-state index contributed by atoms with van der Waals surface area (Å²) in [4.78, 5) is 36.8. The van der Waals surface area contributed by atoms with Crippen molar-refractivity contribution in [1.29, 1.82) is 0 Å². The van der Waals surface area contributed by atoms with Crippen molar-refractivity contribution < 1.29 is 19.5 Å². The van der Waals surface area contributed by atoms with Crippen LogP contribution in [0.4, 0.5) is 0 Å². The van der Waals surface area contributed by atoms with E-state index in [2.05, 4.69) is 10.6 Å². The van der Waals surface area contributed by atoms with Crippen molar-refractivity contribution in [2.75, 3.05) is 0 Å². The van der Waals surface area contributed by atoms with E-state index in [9.17, 15) is 19.5 Å². The first kappa shape index (κ1) is 21.1.